The Kier molecular flexibility index (Phi) is 5.73. The molecule has 1 N–H and O–H groups in total. The van der Waals surface area contributed by atoms with E-state index >= 15 is 0 Å². The van der Waals surface area contributed by atoms with Crippen LogP contribution in [0.5, 0.6) is 0 Å². The third kappa shape index (κ3) is 4.29. The third-order valence-electron chi connectivity index (χ3n) is 5.78. The van der Waals surface area contributed by atoms with Gasteiger partial charge in [-0.1, -0.05) is 0 Å². The van der Waals surface area contributed by atoms with Crippen LogP contribution in [0.4, 0.5) is 13.2 Å². The zero-order valence-electron chi connectivity index (χ0n) is 17.0. The van der Waals surface area contributed by atoms with Crippen LogP contribution in [0.1, 0.15) is 51.0 Å². The molecule has 0 aromatic carbocycles. The first-order valence-electron chi connectivity index (χ1n) is 10.1. The normalized spacial score (nSPS) is 18.5. The molecular formula is C19H23F3N6O3. The Balaban J connectivity index is 1.42. The minimum atomic E-state index is -4.60. The molecule has 31 heavy (non-hydrogen) atoms. The van der Waals surface area contributed by atoms with E-state index in [0.717, 1.165) is 16.4 Å². The molecule has 2 fully saturated rings. The summed E-state index contributed by atoms with van der Waals surface area (Å²) < 4.78 is 44.9. The van der Waals surface area contributed by atoms with Crippen LogP contribution in [0.25, 0.3) is 0 Å². The van der Waals surface area contributed by atoms with Crippen molar-refractivity contribution in [1.29, 1.82) is 0 Å². The van der Waals surface area contributed by atoms with Gasteiger partial charge in [0, 0.05) is 45.2 Å². The number of ether oxygens (including phenoxy) is 1. The Morgan fingerprint density at radius 3 is 2.35 bits per heavy atom. The Morgan fingerprint density at radius 2 is 1.74 bits per heavy atom. The Bertz CT molecular complexity index is 955. The molecule has 0 bridgehead atoms. The van der Waals surface area contributed by atoms with Crippen molar-refractivity contribution in [3.63, 3.8) is 0 Å². The molecule has 12 heteroatoms. The van der Waals surface area contributed by atoms with Crippen molar-refractivity contribution >= 4 is 11.8 Å². The standard InChI is InChI=1S/C19H23F3N6O3/c1-26-14(10-15(25-26)19(20,21)22)18(30)27-4-2-12(3-5-27)16-13(11-23-24-16)17(29)28-6-8-31-9-7-28/h10-12H,2-9H2,1H3,(H,23,24). The number of alkyl halides is 3. The molecule has 0 unspecified atom stereocenters. The number of likely N-dealkylation sites (tertiary alicyclic amines) is 1. The summed E-state index contributed by atoms with van der Waals surface area (Å²) in [6.07, 6.45) is -1.94. The summed E-state index contributed by atoms with van der Waals surface area (Å²) >= 11 is 0. The molecule has 0 spiro atoms. The Morgan fingerprint density at radius 1 is 1.10 bits per heavy atom. The van der Waals surface area contributed by atoms with E-state index in [-0.39, 0.29) is 17.5 Å². The average Bonchev–Trinajstić information content (AvgIpc) is 3.40. The van der Waals surface area contributed by atoms with Gasteiger partial charge in [0.05, 0.1) is 30.7 Å². The van der Waals surface area contributed by atoms with Crippen molar-refractivity contribution in [2.75, 3.05) is 39.4 Å². The second-order valence-electron chi connectivity index (χ2n) is 7.70. The van der Waals surface area contributed by atoms with Gasteiger partial charge in [-0.2, -0.15) is 23.4 Å². The number of carbonyl (C=O) groups excluding carboxylic acids is 2. The van der Waals surface area contributed by atoms with Crippen LogP contribution >= 0.6 is 0 Å². The summed E-state index contributed by atoms with van der Waals surface area (Å²) in [5, 5.41) is 10.4. The van der Waals surface area contributed by atoms with Crippen molar-refractivity contribution in [3.05, 3.63) is 34.9 Å². The Hall–Kier alpha value is -2.89. The molecule has 0 aliphatic carbocycles. The van der Waals surface area contributed by atoms with Crippen molar-refractivity contribution in [1.82, 2.24) is 29.8 Å². The molecule has 2 aromatic rings. The summed E-state index contributed by atoms with van der Waals surface area (Å²) in [6.45, 7) is 2.79. The lowest BCUT2D eigenvalue weighted by atomic mass is 9.91. The maximum Gasteiger partial charge on any atom is 0.435 e. The minimum Gasteiger partial charge on any atom is -0.378 e. The largest absolute Gasteiger partial charge is 0.435 e. The zero-order chi connectivity index (χ0) is 22.2. The number of morpholine rings is 1. The molecule has 2 amide bonds. The van der Waals surface area contributed by atoms with Crippen LogP contribution < -0.4 is 0 Å². The highest BCUT2D eigenvalue weighted by molar-refractivity contribution is 5.95. The number of hydrogen-bond acceptors (Lipinski definition) is 5. The van der Waals surface area contributed by atoms with Gasteiger partial charge >= 0.3 is 6.18 Å². The predicted molar refractivity (Wildman–Crippen MR) is 101 cm³/mol. The van der Waals surface area contributed by atoms with Crippen molar-refractivity contribution < 1.29 is 27.5 Å². The number of piperidine rings is 1. The van der Waals surface area contributed by atoms with E-state index in [1.807, 2.05) is 0 Å². The second kappa shape index (κ2) is 8.33. The van der Waals surface area contributed by atoms with Crippen LogP contribution in [0, 0.1) is 0 Å². The lowest BCUT2D eigenvalue weighted by Gasteiger charge is -2.32. The maximum absolute atomic E-state index is 12.9. The summed E-state index contributed by atoms with van der Waals surface area (Å²) in [7, 11) is 1.32. The molecule has 0 saturated carbocycles. The van der Waals surface area contributed by atoms with Crippen molar-refractivity contribution in [3.8, 4) is 0 Å². The first-order valence-corrected chi connectivity index (χ1v) is 10.1. The molecule has 0 radical (unpaired) electrons. The smallest absolute Gasteiger partial charge is 0.378 e. The van der Waals surface area contributed by atoms with Gasteiger partial charge in [0.1, 0.15) is 5.69 Å². The van der Waals surface area contributed by atoms with E-state index in [0.29, 0.717) is 57.8 Å². The van der Waals surface area contributed by atoms with E-state index in [1.54, 1.807) is 4.90 Å². The van der Waals surface area contributed by atoms with Crippen molar-refractivity contribution in [2.45, 2.75) is 24.9 Å². The molecular weight excluding hydrogens is 417 g/mol. The minimum absolute atomic E-state index is 0.00353. The molecule has 2 aromatic heterocycles. The topological polar surface area (TPSA) is 96.3 Å². The maximum atomic E-state index is 12.9. The Labute approximate surface area is 176 Å². The molecule has 2 saturated heterocycles. The summed E-state index contributed by atoms with van der Waals surface area (Å²) in [5.74, 6) is -0.581. The quantitative estimate of drug-likeness (QED) is 0.783. The number of hydrogen-bond donors (Lipinski definition) is 1. The molecule has 4 heterocycles. The number of amides is 2. The average molecular weight is 440 g/mol. The number of nitrogens with one attached hydrogen (secondary N) is 1. The number of H-pyrrole nitrogens is 1. The lowest BCUT2D eigenvalue weighted by molar-refractivity contribution is -0.141. The van der Waals surface area contributed by atoms with Gasteiger partial charge in [0.2, 0.25) is 0 Å². The number of halogens is 3. The van der Waals surface area contributed by atoms with E-state index in [4.69, 9.17) is 4.74 Å². The van der Waals surface area contributed by atoms with Crippen LogP contribution in [0.3, 0.4) is 0 Å². The fourth-order valence-corrected chi connectivity index (χ4v) is 4.05. The van der Waals surface area contributed by atoms with Crippen LogP contribution in [0.2, 0.25) is 0 Å². The number of nitrogens with zero attached hydrogens (tertiary/aromatic N) is 5. The van der Waals surface area contributed by atoms with Gasteiger partial charge < -0.3 is 14.5 Å². The predicted octanol–water partition coefficient (Wildman–Crippen LogP) is 1.65. The van der Waals surface area contributed by atoms with Crippen molar-refractivity contribution in [2.24, 2.45) is 7.05 Å². The summed E-state index contributed by atoms with van der Waals surface area (Å²) in [5.41, 5.74) is 0.0732. The third-order valence-corrected chi connectivity index (χ3v) is 5.78. The van der Waals surface area contributed by atoms with Gasteiger partial charge in [-0.3, -0.25) is 19.4 Å². The second-order valence-corrected chi connectivity index (χ2v) is 7.70. The molecule has 0 atom stereocenters. The SMILES string of the molecule is Cn1nc(C(F)(F)F)cc1C(=O)N1CCC(c2[nH]ncc2C(=O)N2CCOCC2)CC1. The van der Waals surface area contributed by atoms with Gasteiger partial charge in [0.25, 0.3) is 11.8 Å². The van der Waals surface area contributed by atoms with Gasteiger partial charge in [-0.25, -0.2) is 0 Å². The highest BCUT2D eigenvalue weighted by Gasteiger charge is 2.37. The number of aromatic amines is 1. The van der Waals surface area contributed by atoms with E-state index in [2.05, 4.69) is 15.3 Å². The monoisotopic (exact) mass is 440 g/mol. The zero-order valence-corrected chi connectivity index (χ0v) is 17.0. The van der Waals surface area contributed by atoms with Crippen LogP contribution in [0.15, 0.2) is 12.3 Å². The molecule has 9 nitrogen and oxygen atoms in total. The van der Waals surface area contributed by atoms with Crippen LogP contribution in [-0.2, 0) is 18.0 Å². The molecule has 168 valence electrons. The number of carbonyl (C=O) groups is 2. The van der Waals surface area contributed by atoms with E-state index in [1.165, 1.54) is 18.1 Å². The van der Waals surface area contributed by atoms with E-state index < -0.39 is 17.8 Å². The summed E-state index contributed by atoms with van der Waals surface area (Å²) in [6, 6.07) is 0.780. The highest BCUT2D eigenvalue weighted by Crippen LogP contribution is 2.32. The number of aromatic nitrogens is 4. The van der Waals surface area contributed by atoms with E-state index in [9.17, 15) is 22.8 Å². The number of aryl methyl sites for hydroxylation is 1. The first kappa shape index (κ1) is 21.3. The van der Waals surface area contributed by atoms with Gasteiger partial charge in [-0.05, 0) is 12.8 Å². The fourth-order valence-electron chi connectivity index (χ4n) is 4.05. The van der Waals surface area contributed by atoms with Gasteiger partial charge in [0.15, 0.2) is 5.69 Å². The van der Waals surface area contributed by atoms with Crippen LogP contribution in [-0.4, -0.2) is 81.0 Å². The first-order chi connectivity index (χ1) is 14.8. The molecule has 4 rings (SSSR count). The fraction of sp³-hybridized carbons (Fsp3) is 0.579. The molecule has 2 aliphatic heterocycles. The number of rotatable bonds is 3. The lowest BCUT2D eigenvalue weighted by Crippen LogP contribution is -2.41. The highest BCUT2D eigenvalue weighted by atomic mass is 19.4. The summed E-state index contributed by atoms with van der Waals surface area (Å²) in [4.78, 5) is 28.8. The van der Waals surface area contributed by atoms with Gasteiger partial charge in [-0.15, -0.1) is 0 Å². The molecule has 2 aliphatic rings.